The van der Waals surface area contributed by atoms with E-state index < -0.39 is 5.60 Å². The molecule has 0 amide bonds. The molecule has 2 aliphatic rings. The lowest BCUT2D eigenvalue weighted by Crippen LogP contribution is -2.32. The second-order valence-corrected chi connectivity index (χ2v) is 3.85. The van der Waals surface area contributed by atoms with Gasteiger partial charge in [0.15, 0.2) is 0 Å². The fourth-order valence-electron chi connectivity index (χ4n) is 2.19. The van der Waals surface area contributed by atoms with E-state index in [0.29, 0.717) is 5.92 Å². The van der Waals surface area contributed by atoms with Crippen molar-refractivity contribution in [3.63, 3.8) is 0 Å². The van der Waals surface area contributed by atoms with Crippen LogP contribution in [-0.4, -0.2) is 10.7 Å². The van der Waals surface area contributed by atoms with Crippen molar-refractivity contribution in [1.29, 1.82) is 0 Å². The number of hydrogen-bond donors (Lipinski definition) is 1. The van der Waals surface area contributed by atoms with E-state index in [2.05, 4.69) is 6.08 Å². The molecule has 1 nitrogen and oxygen atoms in total. The van der Waals surface area contributed by atoms with Crippen molar-refractivity contribution in [2.24, 2.45) is 11.8 Å². The topological polar surface area (TPSA) is 20.2 Å². The van der Waals surface area contributed by atoms with Crippen LogP contribution in [0, 0.1) is 11.8 Å². The van der Waals surface area contributed by atoms with Crippen LogP contribution in [-0.2, 0) is 0 Å². The van der Waals surface area contributed by atoms with Crippen molar-refractivity contribution in [2.45, 2.75) is 31.8 Å². The highest BCUT2D eigenvalue weighted by Crippen LogP contribution is 2.42. The Bertz CT molecular complexity index is 170. The SMILES string of the molecule is CC1(O)C=C[C@@H]2CC[C@H]1C2. The maximum Gasteiger partial charge on any atom is 0.0827 e. The van der Waals surface area contributed by atoms with Gasteiger partial charge in [-0.25, -0.2) is 0 Å². The Hall–Kier alpha value is -0.300. The molecule has 1 heteroatoms. The van der Waals surface area contributed by atoms with Crippen molar-refractivity contribution in [3.05, 3.63) is 12.2 Å². The summed E-state index contributed by atoms with van der Waals surface area (Å²) in [5, 5.41) is 9.77. The predicted octanol–water partition coefficient (Wildman–Crippen LogP) is 1.72. The van der Waals surface area contributed by atoms with Crippen LogP contribution in [0.2, 0.25) is 0 Å². The monoisotopic (exact) mass is 138 g/mol. The van der Waals surface area contributed by atoms with Gasteiger partial charge in [-0.05, 0) is 38.0 Å². The smallest absolute Gasteiger partial charge is 0.0827 e. The van der Waals surface area contributed by atoms with Crippen LogP contribution in [0.5, 0.6) is 0 Å². The molecule has 0 aromatic heterocycles. The highest BCUT2D eigenvalue weighted by molar-refractivity contribution is 5.12. The van der Waals surface area contributed by atoms with Gasteiger partial charge in [0.2, 0.25) is 0 Å². The first-order valence-electron chi connectivity index (χ1n) is 4.10. The highest BCUT2D eigenvalue weighted by atomic mass is 16.3. The molecule has 3 atom stereocenters. The van der Waals surface area contributed by atoms with E-state index in [1.165, 1.54) is 19.3 Å². The second-order valence-electron chi connectivity index (χ2n) is 3.85. The Morgan fingerprint density at radius 3 is 3.00 bits per heavy atom. The summed E-state index contributed by atoms with van der Waals surface area (Å²) in [6, 6.07) is 0. The highest BCUT2D eigenvalue weighted by Gasteiger charge is 2.38. The molecule has 2 aliphatic carbocycles. The van der Waals surface area contributed by atoms with Crippen LogP contribution in [0.3, 0.4) is 0 Å². The molecule has 0 aromatic carbocycles. The first-order chi connectivity index (χ1) is 4.68. The van der Waals surface area contributed by atoms with E-state index in [9.17, 15) is 5.11 Å². The molecule has 2 rings (SSSR count). The zero-order valence-corrected chi connectivity index (χ0v) is 6.38. The fourth-order valence-corrected chi connectivity index (χ4v) is 2.19. The molecule has 0 radical (unpaired) electrons. The van der Waals surface area contributed by atoms with Gasteiger partial charge in [-0.2, -0.15) is 0 Å². The lowest BCUT2D eigenvalue weighted by Gasteiger charge is -2.29. The second kappa shape index (κ2) is 1.85. The minimum absolute atomic E-state index is 0.493. The summed E-state index contributed by atoms with van der Waals surface area (Å²) in [6.45, 7) is 1.93. The first-order valence-corrected chi connectivity index (χ1v) is 4.10. The molecule has 1 unspecified atom stereocenters. The molecule has 1 fully saturated rings. The Morgan fingerprint density at radius 2 is 2.30 bits per heavy atom. The predicted molar refractivity (Wildman–Crippen MR) is 40.6 cm³/mol. The fraction of sp³-hybridized carbons (Fsp3) is 0.778. The number of rotatable bonds is 0. The Balaban J connectivity index is 2.27. The van der Waals surface area contributed by atoms with Gasteiger partial charge in [0.05, 0.1) is 5.60 Å². The van der Waals surface area contributed by atoms with E-state index in [1.807, 2.05) is 13.0 Å². The minimum atomic E-state index is -0.493. The summed E-state index contributed by atoms with van der Waals surface area (Å²) in [5.41, 5.74) is -0.493. The lowest BCUT2D eigenvalue weighted by atomic mass is 9.83. The van der Waals surface area contributed by atoms with Crippen LogP contribution < -0.4 is 0 Å². The normalized spacial score (nSPS) is 51.8. The van der Waals surface area contributed by atoms with E-state index in [4.69, 9.17) is 0 Å². The molecule has 0 spiro atoms. The Morgan fingerprint density at radius 1 is 1.50 bits per heavy atom. The zero-order chi connectivity index (χ0) is 7.19. The third-order valence-corrected chi connectivity index (χ3v) is 3.01. The molecule has 10 heavy (non-hydrogen) atoms. The first kappa shape index (κ1) is 6.41. The largest absolute Gasteiger partial charge is 0.386 e. The summed E-state index contributed by atoms with van der Waals surface area (Å²) < 4.78 is 0. The van der Waals surface area contributed by atoms with Gasteiger partial charge in [0.1, 0.15) is 0 Å². The Labute approximate surface area is 61.8 Å². The molecule has 56 valence electrons. The molecule has 2 bridgehead atoms. The van der Waals surface area contributed by atoms with E-state index in [-0.39, 0.29) is 0 Å². The van der Waals surface area contributed by atoms with Crippen molar-refractivity contribution in [2.75, 3.05) is 0 Å². The third-order valence-electron chi connectivity index (χ3n) is 3.01. The molecular formula is C9H14O. The minimum Gasteiger partial charge on any atom is -0.386 e. The third kappa shape index (κ3) is 0.807. The van der Waals surface area contributed by atoms with E-state index in [1.54, 1.807) is 0 Å². The Kier molecular flexibility index (Phi) is 1.19. The maximum atomic E-state index is 9.77. The van der Waals surface area contributed by atoms with Gasteiger partial charge in [-0.1, -0.05) is 12.2 Å². The van der Waals surface area contributed by atoms with E-state index in [0.717, 1.165) is 5.92 Å². The quantitative estimate of drug-likeness (QED) is 0.505. The van der Waals surface area contributed by atoms with Gasteiger partial charge in [-0.15, -0.1) is 0 Å². The standard InChI is InChI=1S/C9H14O/c1-9(10)5-4-7-2-3-8(9)6-7/h4-5,7-8,10H,2-3,6H2,1H3/t7-,8-,9?/m0/s1. The maximum absolute atomic E-state index is 9.77. The number of allylic oxidation sites excluding steroid dienone is 1. The van der Waals surface area contributed by atoms with Crippen LogP contribution in [0.25, 0.3) is 0 Å². The van der Waals surface area contributed by atoms with Gasteiger partial charge < -0.3 is 5.11 Å². The van der Waals surface area contributed by atoms with Crippen LogP contribution in [0.15, 0.2) is 12.2 Å². The summed E-state index contributed by atoms with van der Waals surface area (Å²) in [7, 11) is 0. The molecule has 0 aliphatic heterocycles. The number of aliphatic hydroxyl groups is 1. The van der Waals surface area contributed by atoms with Gasteiger partial charge in [-0.3, -0.25) is 0 Å². The van der Waals surface area contributed by atoms with Crippen LogP contribution in [0.1, 0.15) is 26.2 Å². The summed E-state index contributed by atoms with van der Waals surface area (Å²) in [5.74, 6) is 1.33. The van der Waals surface area contributed by atoms with Crippen molar-refractivity contribution < 1.29 is 5.11 Å². The average molecular weight is 138 g/mol. The van der Waals surface area contributed by atoms with Gasteiger partial charge >= 0.3 is 0 Å². The van der Waals surface area contributed by atoms with Gasteiger partial charge in [0.25, 0.3) is 0 Å². The van der Waals surface area contributed by atoms with Crippen molar-refractivity contribution in [3.8, 4) is 0 Å². The van der Waals surface area contributed by atoms with E-state index >= 15 is 0 Å². The molecule has 0 aromatic rings. The molecule has 1 N–H and O–H groups in total. The van der Waals surface area contributed by atoms with Gasteiger partial charge in [0, 0.05) is 0 Å². The van der Waals surface area contributed by atoms with Crippen molar-refractivity contribution in [1.82, 2.24) is 0 Å². The summed E-state index contributed by atoms with van der Waals surface area (Å²) in [4.78, 5) is 0. The molecular weight excluding hydrogens is 124 g/mol. The molecule has 0 saturated heterocycles. The summed E-state index contributed by atoms with van der Waals surface area (Å²) >= 11 is 0. The number of hydrogen-bond acceptors (Lipinski definition) is 1. The zero-order valence-electron chi connectivity index (χ0n) is 6.38. The number of fused-ring (bicyclic) bond motifs is 2. The summed E-state index contributed by atoms with van der Waals surface area (Å²) in [6.07, 6.45) is 7.88. The van der Waals surface area contributed by atoms with Crippen LogP contribution in [0.4, 0.5) is 0 Å². The lowest BCUT2D eigenvalue weighted by molar-refractivity contribution is 0.0434. The molecule has 0 heterocycles. The van der Waals surface area contributed by atoms with Crippen LogP contribution >= 0.6 is 0 Å². The van der Waals surface area contributed by atoms with Crippen molar-refractivity contribution >= 4 is 0 Å². The molecule has 1 saturated carbocycles. The average Bonchev–Trinajstić information content (AvgIpc) is 2.26.